The molecule has 0 spiro atoms. The average molecular weight is 792 g/mol. The van der Waals surface area contributed by atoms with E-state index in [1.54, 1.807) is 25.1 Å². The van der Waals surface area contributed by atoms with E-state index >= 15 is 0 Å². The van der Waals surface area contributed by atoms with Crippen LogP contribution in [0.25, 0.3) is 0 Å². The van der Waals surface area contributed by atoms with E-state index in [2.05, 4.69) is 68.1 Å². The lowest BCUT2D eigenvalue weighted by atomic mass is 9.41. The molecule has 3 saturated heterocycles. The standard InChI is InChI=1S/C43H58ClN5O7/c1-40(2)38(41(3,4)39(40)56-32-13-12-30(25-45)34(44)24-32)43(6,28-51)49-19-9-11-29(26-49)10-7-8-22-55-23-18-36(53)46-31-16-20-48(21-17-31)42(5,27-50)33-14-15-35(52)47-37(33)54/h12-13,24,27-29,31,33,38-39H,8-9,11,14-23,26H2,1-6H3,(H,46,53)(H,47,52,54)/t29?,33?,38-,39-,42?,43?. The first-order chi connectivity index (χ1) is 26.5. The highest BCUT2D eigenvalue weighted by Gasteiger charge is 2.70. The molecule has 0 bridgehead atoms. The first-order valence-corrected chi connectivity index (χ1v) is 20.4. The highest BCUT2D eigenvalue weighted by molar-refractivity contribution is 6.31. The van der Waals surface area contributed by atoms with Crippen LogP contribution in [-0.4, -0.2) is 103 Å². The van der Waals surface area contributed by atoms with Gasteiger partial charge in [-0.1, -0.05) is 45.2 Å². The third-order valence-corrected chi connectivity index (χ3v) is 13.3. The van der Waals surface area contributed by atoms with Crippen molar-refractivity contribution in [1.82, 2.24) is 20.4 Å². The number of hydrogen-bond donors (Lipinski definition) is 2. The number of nitrogens with one attached hydrogen (secondary N) is 2. The van der Waals surface area contributed by atoms with Gasteiger partial charge in [0.25, 0.3) is 0 Å². The van der Waals surface area contributed by atoms with Crippen LogP contribution in [0.5, 0.6) is 5.75 Å². The van der Waals surface area contributed by atoms with Crippen LogP contribution in [0.15, 0.2) is 18.2 Å². The summed E-state index contributed by atoms with van der Waals surface area (Å²) in [5.74, 6) is 6.06. The van der Waals surface area contributed by atoms with E-state index in [4.69, 9.17) is 21.1 Å². The van der Waals surface area contributed by atoms with Crippen molar-refractivity contribution in [2.24, 2.45) is 28.6 Å². The predicted molar refractivity (Wildman–Crippen MR) is 211 cm³/mol. The summed E-state index contributed by atoms with van der Waals surface area (Å²) in [5, 5.41) is 15.1. The molecule has 4 fully saturated rings. The summed E-state index contributed by atoms with van der Waals surface area (Å²) in [7, 11) is 0. The number of benzene rings is 1. The highest BCUT2D eigenvalue weighted by atomic mass is 35.5. The summed E-state index contributed by atoms with van der Waals surface area (Å²) in [4.78, 5) is 66.3. The second-order valence-corrected chi connectivity index (χ2v) is 18.0. The third kappa shape index (κ3) is 9.00. The number of nitriles is 1. The lowest BCUT2D eigenvalue weighted by Gasteiger charge is -2.69. The Morgan fingerprint density at radius 1 is 1.02 bits per heavy atom. The molecule has 1 aromatic rings. The molecule has 1 saturated carbocycles. The second-order valence-electron chi connectivity index (χ2n) is 17.6. The minimum absolute atomic E-state index is 0.00670. The van der Waals surface area contributed by atoms with E-state index in [9.17, 15) is 29.2 Å². The number of carbonyl (C=O) groups is 5. The Morgan fingerprint density at radius 3 is 2.34 bits per heavy atom. The lowest BCUT2D eigenvalue weighted by Crippen LogP contribution is -2.76. The minimum Gasteiger partial charge on any atom is -0.489 e. The molecular weight excluding hydrogens is 734 g/mol. The molecule has 3 aliphatic heterocycles. The molecule has 13 heteroatoms. The smallest absolute Gasteiger partial charge is 0.231 e. The maximum absolute atomic E-state index is 13.0. The average Bonchev–Trinajstić information content (AvgIpc) is 3.16. The molecule has 56 heavy (non-hydrogen) atoms. The normalized spacial score (nSPS) is 27.5. The number of ether oxygens (including phenoxy) is 2. The SMILES string of the molecule is CC(C=O)(C1CCC(=O)NC1=O)N1CCC(NC(=O)CCOCCC#CC2CCCN(C(C)(C=O)[C@H]3C(C)(C)[C@H](Oc4ccc(C#N)c(Cl)c4)C3(C)C)C2)CC1. The van der Waals surface area contributed by atoms with Gasteiger partial charge in [0, 0.05) is 73.7 Å². The third-order valence-electron chi connectivity index (χ3n) is 13.0. The van der Waals surface area contributed by atoms with Gasteiger partial charge >= 0.3 is 0 Å². The summed E-state index contributed by atoms with van der Waals surface area (Å²) >= 11 is 6.29. The maximum atomic E-state index is 13.0. The van der Waals surface area contributed by atoms with E-state index in [0.29, 0.717) is 68.3 Å². The van der Waals surface area contributed by atoms with Crippen molar-refractivity contribution in [1.29, 1.82) is 5.26 Å². The largest absolute Gasteiger partial charge is 0.489 e. The van der Waals surface area contributed by atoms with Crippen LogP contribution in [-0.2, 0) is 28.7 Å². The van der Waals surface area contributed by atoms with Gasteiger partial charge in [0.15, 0.2) is 0 Å². The Morgan fingerprint density at radius 2 is 1.71 bits per heavy atom. The number of amides is 3. The zero-order valence-electron chi connectivity index (χ0n) is 33.8. The van der Waals surface area contributed by atoms with E-state index in [1.165, 1.54) is 0 Å². The number of hydrogen-bond acceptors (Lipinski definition) is 10. The molecule has 3 amide bonds. The Balaban J connectivity index is 1.03. The summed E-state index contributed by atoms with van der Waals surface area (Å²) < 4.78 is 12.3. The van der Waals surface area contributed by atoms with Crippen LogP contribution >= 0.6 is 11.6 Å². The fourth-order valence-corrected chi connectivity index (χ4v) is 10.8. The van der Waals surface area contributed by atoms with Gasteiger partial charge in [-0.15, -0.1) is 5.92 Å². The van der Waals surface area contributed by atoms with Crippen molar-refractivity contribution < 1.29 is 33.4 Å². The van der Waals surface area contributed by atoms with E-state index in [-0.39, 0.29) is 66.1 Å². The Kier molecular flexibility index (Phi) is 13.7. The number of likely N-dealkylation sites (tertiary alicyclic amines) is 2. The molecular formula is C43H58ClN5O7. The second kappa shape index (κ2) is 17.8. The molecule has 4 atom stereocenters. The number of imide groups is 1. The number of nitrogens with zero attached hydrogens (tertiary/aromatic N) is 3. The quantitative estimate of drug-likeness (QED) is 0.117. The minimum atomic E-state index is -1.00. The topological polar surface area (TPSA) is 158 Å². The van der Waals surface area contributed by atoms with Crippen molar-refractivity contribution in [3.8, 4) is 23.7 Å². The number of halogens is 1. The first-order valence-electron chi connectivity index (χ1n) is 20.0. The zero-order valence-corrected chi connectivity index (χ0v) is 34.5. The molecule has 1 aliphatic carbocycles. The molecule has 5 rings (SSSR count). The van der Waals surface area contributed by atoms with Crippen molar-refractivity contribution in [2.75, 3.05) is 39.4 Å². The molecule has 4 aliphatic rings. The number of rotatable bonds is 14. The molecule has 2 N–H and O–H groups in total. The fraction of sp³-hybridized carbons (Fsp3) is 0.674. The maximum Gasteiger partial charge on any atom is 0.231 e. The molecule has 1 aromatic carbocycles. The van der Waals surface area contributed by atoms with Gasteiger partial charge in [-0.25, -0.2) is 0 Å². The Bertz CT molecular complexity index is 1740. The molecule has 12 nitrogen and oxygen atoms in total. The van der Waals surface area contributed by atoms with Crippen LogP contribution in [0, 0.1) is 51.8 Å². The summed E-state index contributed by atoms with van der Waals surface area (Å²) in [6.07, 6.45) is 6.34. The van der Waals surface area contributed by atoms with Gasteiger partial charge < -0.3 is 24.4 Å². The summed E-state index contributed by atoms with van der Waals surface area (Å²) in [6, 6.07) is 7.18. The van der Waals surface area contributed by atoms with E-state index in [0.717, 1.165) is 32.0 Å². The van der Waals surface area contributed by atoms with Gasteiger partial charge in [-0.3, -0.25) is 29.5 Å². The van der Waals surface area contributed by atoms with Crippen molar-refractivity contribution in [3.05, 3.63) is 28.8 Å². The van der Waals surface area contributed by atoms with Crippen LogP contribution < -0.4 is 15.4 Å². The monoisotopic (exact) mass is 791 g/mol. The molecule has 4 unspecified atom stereocenters. The van der Waals surface area contributed by atoms with Crippen molar-refractivity contribution in [2.45, 2.75) is 116 Å². The Hall–Kier alpha value is -3.81. The van der Waals surface area contributed by atoms with Crippen molar-refractivity contribution in [3.63, 3.8) is 0 Å². The van der Waals surface area contributed by atoms with Gasteiger partial charge in [-0.05, 0) is 64.6 Å². The lowest BCUT2D eigenvalue weighted by molar-refractivity contribution is -0.240. The molecule has 304 valence electrons. The number of aldehydes is 2. The fourth-order valence-electron chi connectivity index (χ4n) is 10.6. The Labute approximate surface area is 336 Å². The van der Waals surface area contributed by atoms with Gasteiger partial charge in [0.1, 0.15) is 30.5 Å². The van der Waals surface area contributed by atoms with Crippen LogP contribution in [0.4, 0.5) is 0 Å². The van der Waals surface area contributed by atoms with E-state index < -0.39 is 22.9 Å². The zero-order chi connectivity index (χ0) is 40.9. The molecule has 0 aromatic heterocycles. The van der Waals surface area contributed by atoms with Crippen LogP contribution in [0.1, 0.15) is 98.5 Å². The first kappa shape index (κ1) is 43.3. The van der Waals surface area contributed by atoms with Gasteiger partial charge in [0.05, 0.1) is 40.8 Å². The van der Waals surface area contributed by atoms with Crippen LogP contribution in [0.3, 0.4) is 0 Å². The predicted octanol–water partition coefficient (Wildman–Crippen LogP) is 4.70. The molecule has 0 radical (unpaired) electrons. The van der Waals surface area contributed by atoms with Crippen LogP contribution in [0.2, 0.25) is 5.02 Å². The summed E-state index contributed by atoms with van der Waals surface area (Å²) in [5.41, 5.74) is -1.98. The number of carbonyl (C=O) groups excluding carboxylic acids is 5. The van der Waals surface area contributed by atoms with Gasteiger partial charge in [-0.2, -0.15) is 5.26 Å². The van der Waals surface area contributed by atoms with Gasteiger partial charge in [0.2, 0.25) is 17.7 Å². The molecule has 3 heterocycles. The highest BCUT2D eigenvalue weighted by Crippen LogP contribution is 2.64. The van der Waals surface area contributed by atoms with E-state index in [1.807, 2.05) is 4.90 Å². The number of piperidine rings is 3. The van der Waals surface area contributed by atoms with Crippen molar-refractivity contribution >= 4 is 41.9 Å². The summed E-state index contributed by atoms with van der Waals surface area (Å²) in [6.45, 7) is 15.8.